The van der Waals surface area contributed by atoms with E-state index >= 15 is 0 Å². The van der Waals surface area contributed by atoms with Crippen molar-refractivity contribution < 1.29 is 22.7 Å². The Balaban J connectivity index is 2.95. The van der Waals surface area contributed by atoms with Crippen LogP contribution < -0.4 is 11.1 Å². The Bertz CT molecular complexity index is 417. The molecule has 3 N–H and O–H groups in total. The van der Waals surface area contributed by atoms with E-state index in [1.807, 2.05) is 0 Å². The highest BCUT2D eigenvalue weighted by Gasteiger charge is 2.34. The van der Waals surface area contributed by atoms with Crippen molar-refractivity contribution in [3.05, 3.63) is 29.8 Å². The number of rotatable bonds is 4. The van der Waals surface area contributed by atoms with Crippen LogP contribution in [0.15, 0.2) is 24.3 Å². The average Bonchev–Trinajstić information content (AvgIpc) is 2.30. The number of benzene rings is 1. The van der Waals surface area contributed by atoms with Gasteiger partial charge in [-0.15, -0.1) is 0 Å². The van der Waals surface area contributed by atoms with Crippen molar-refractivity contribution in [3.63, 3.8) is 0 Å². The van der Waals surface area contributed by atoms with Gasteiger partial charge in [0, 0.05) is 13.7 Å². The minimum Gasteiger partial charge on any atom is -0.370 e. The lowest BCUT2D eigenvalue weighted by atomic mass is 10.1. The van der Waals surface area contributed by atoms with Gasteiger partial charge in [-0.1, -0.05) is 12.1 Å². The molecule has 0 heterocycles. The molecular formula is C11H13F3N2O2. The van der Waals surface area contributed by atoms with Gasteiger partial charge in [0.25, 0.3) is 5.91 Å². The summed E-state index contributed by atoms with van der Waals surface area (Å²) in [6.07, 6.45) is -5.51. The van der Waals surface area contributed by atoms with E-state index in [1.165, 1.54) is 25.3 Å². The normalized spacial score (nSPS) is 13.2. The smallest absolute Gasteiger partial charge is 0.370 e. The molecule has 0 aliphatic rings. The van der Waals surface area contributed by atoms with E-state index in [2.05, 4.69) is 5.32 Å². The summed E-state index contributed by atoms with van der Waals surface area (Å²) in [7, 11) is 1.26. The molecule has 0 aromatic heterocycles. The Morgan fingerprint density at radius 3 is 2.56 bits per heavy atom. The van der Waals surface area contributed by atoms with E-state index in [-0.39, 0.29) is 12.2 Å². The Hall–Kier alpha value is -1.60. The molecule has 0 bridgehead atoms. The summed E-state index contributed by atoms with van der Waals surface area (Å²) in [6, 6.07) is 4.70. The van der Waals surface area contributed by atoms with Gasteiger partial charge in [0.2, 0.25) is 0 Å². The minimum absolute atomic E-state index is 0.115. The van der Waals surface area contributed by atoms with Crippen LogP contribution in [-0.4, -0.2) is 25.7 Å². The monoisotopic (exact) mass is 262 g/mol. The van der Waals surface area contributed by atoms with Gasteiger partial charge >= 0.3 is 6.18 Å². The predicted octanol–water partition coefficient (Wildman–Crippen LogP) is 1.62. The second-order valence-electron chi connectivity index (χ2n) is 3.49. The molecule has 0 radical (unpaired) electrons. The molecule has 1 atom stereocenters. The Kier molecular flexibility index (Phi) is 4.69. The average molecular weight is 262 g/mol. The van der Waals surface area contributed by atoms with Crippen LogP contribution in [0.1, 0.15) is 5.56 Å². The van der Waals surface area contributed by atoms with Crippen LogP contribution in [0.2, 0.25) is 0 Å². The second-order valence-corrected chi connectivity index (χ2v) is 3.49. The molecule has 0 saturated heterocycles. The highest BCUT2D eigenvalue weighted by Crippen LogP contribution is 2.34. The van der Waals surface area contributed by atoms with Crippen LogP contribution in [-0.2, 0) is 15.7 Å². The summed E-state index contributed by atoms with van der Waals surface area (Å²) in [5.41, 5.74) is 4.03. The lowest BCUT2D eigenvalue weighted by Gasteiger charge is -2.16. The van der Waals surface area contributed by atoms with Crippen molar-refractivity contribution >= 4 is 11.6 Å². The fourth-order valence-electron chi connectivity index (χ4n) is 1.36. The number of ether oxygens (including phenoxy) is 1. The first-order valence-electron chi connectivity index (χ1n) is 5.10. The van der Waals surface area contributed by atoms with E-state index in [0.29, 0.717) is 0 Å². The number of nitrogens with two attached hydrogens (primary N) is 1. The Morgan fingerprint density at radius 2 is 2.06 bits per heavy atom. The molecule has 18 heavy (non-hydrogen) atoms. The molecular weight excluding hydrogens is 249 g/mol. The fraction of sp³-hybridized carbons (Fsp3) is 0.364. The van der Waals surface area contributed by atoms with Gasteiger partial charge < -0.3 is 15.8 Å². The topological polar surface area (TPSA) is 64.3 Å². The molecule has 1 rings (SSSR count). The zero-order valence-electron chi connectivity index (χ0n) is 9.62. The number of hydrogen-bond acceptors (Lipinski definition) is 3. The maximum absolute atomic E-state index is 12.7. The van der Waals surface area contributed by atoms with Crippen molar-refractivity contribution in [2.45, 2.75) is 12.3 Å². The zero-order valence-corrected chi connectivity index (χ0v) is 9.62. The Morgan fingerprint density at radius 1 is 1.44 bits per heavy atom. The molecule has 1 unspecified atom stereocenters. The SMILES string of the molecule is COC(CN)C(=O)Nc1ccccc1C(F)(F)F. The van der Waals surface area contributed by atoms with Gasteiger partial charge in [-0.3, -0.25) is 4.79 Å². The zero-order chi connectivity index (χ0) is 13.8. The van der Waals surface area contributed by atoms with Gasteiger partial charge in [0.05, 0.1) is 11.3 Å². The summed E-state index contributed by atoms with van der Waals surface area (Å²) in [6.45, 7) is -0.115. The third kappa shape index (κ3) is 3.44. The number of hydrogen-bond donors (Lipinski definition) is 2. The number of carbonyl (C=O) groups is 1. The quantitative estimate of drug-likeness (QED) is 0.866. The van der Waals surface area contributed by atoms with Crippen molar-refractivity contribution in [2.75, 3.05) is 19.0 Å². The first-order chi connectivity index (χ1) is 8.40. The van der Waals surface area contributed by atoms with Crippen LogP contribution in [0.4, 0.5) is 18.9 Å². The number of alkyl halides is 3. The molecule has 0 spiro atoms. The van der Waals surface area contributed by atoms with Gasteiger partial charge in [0.1, 0.15) is 6.10 Å². The summed E-state index contributed by atoms with van der Waals surface area (Å²) in [5, 5.41) is 2.16. The number of nitrogens with one attached hydrogen (secondary N) is 1. The van der Waals surface area contributed by atoms with E-state index < -0.39 is 23.8 Å². The standard InChI is InChI=1S/C11H13F3N2O2/c1-18-9(6-15)10(17)16-8-5-3-2-4-7(8)11(12,13)14/h2-5,9H,6,15H2,1H3,(H,16,17). The van der Waals surface area contributed by atoms with Crippen LogP contribution in [0.3, 0.4) is 0 Å². The number of methoxy groups -OCH3 is 1. The number of anilines is 1. The van der Waals surface area contributed by atoms with Crippen LogP contribution in [0.25, 0.3) is 0 Å². The molecule has 100 valence electrons. The summed E-state index contributed by atoms with van der Waals surface area (Å²) in [4.78, 5) is 11.6. The van der Waals surface area contributed by atoms with Crippen LogP contribution >= 0.6 is 0 Å². The van der Waals surface area contributed by atoms with E-state index in [0.717, 1.165) is 6.07 Å². The summed E-state index contributed by atoms with van der Waals surface area (Å²) < 4.78 is 42.7. The molecule has 0 fully saturated rings. The van der Waals surface area contributed by atoms with Crippen molar-refractivity contribution in [1.29, 1.82) is 0 Å². The van der Waals surface area contributed by atoms with E-state index in [1.54, 1.807) is 0 Å². The number of amides is 1. The lowest BCUT2D eigenvalue weighted by Crippen LogP contribution is -2.36. The van der Waals surface area contributed by atoms with Crippen LogP contribution in [0, 0.1) is 0 Å². The summed E-state index contributed by atoms with van der Waals surface area (Å²) in [5.74, 6) is -0.711. The van der Waals surface area contributed by atoms with Gasteiger partial charge in [-0.2, -0.15) is 13.2 Å². The maximum atomic E-state index is 12.7. The largest absolute Gasteiger partial charge is 0.418 e. The first kappa shape index (κ1) is 14.5. The first-order valence-corrected chi connectivity index (χ1v) is 5.10. The van der Waals surface area contributed by atoms with Crippen molar-refractivity contribution in [2.24, 2.45) is 5.73 Å². The van der Waals surface area contributed by atoms with Crippen molar-refractivity contribution in [3.8, 4) is 0 Å². The minimum atomic E-state index is -4.53. The molecule has 0 saturated carbocycles. The van der Waals surface area contributed by atoms with Crippen LogP contribution in [0.5, 0.6) is 0 Å². The van der Waals surface area contributed by atoms with Gasteiger partial charge in [-0.05, 0) is 12.1 Å². The number of halogens is 3. The molecule has 1 amide bonds. The van der Waals surface area contributed by atoms with E-state index in [9.17, 15) is 18.0 Å². The Labute approximate surface area is 102 Å². The predicted molar refractivity (Wildman–Crippen MR) is 59.9 cm³/mol. The lowest BCUT2D eigenvalue weighted by molar-refractivity contribution is -0.137. The third-order valence-electron chi connectivity index (χ3n) is 2.28. The highest BCUT2D eigenvalue weighted by atomic mass is 19.4. The van der Waals surface area contributed by atoms with Crippen molar-refractivity contribution in [1.82, 2.24) is 0 Å². The van der Waals surface area contributed by atoms with Gasteiger partial charge in [0.15, 0.2) is 0 Å². The molecule has 1 aromatic rings. The molecule has 0 aliphatic heterocycles. The molecule has 1 aromatic carbocycles. The highest BCUT2D eigenvalue weighted by molar-refractivity contribution is 5.95. The maximum Gasteiger partial charge on any atom is 0.418 e. The fourth-order valence-corrected chi connectivity index (χ4v) is 1.36. The summed E-state index contributed by atoms with van der Waals surface area (Å²) >= 11 is 0. The molecule has 7 heteroatoms. The third-order valence-corrected chi connectivity index (χ3v) is 2.28. The molecule has 4 nitrogen and oxygen atoms in total. The molecule has 0 aliphatic carbocycles. The van der Waals surface area contributed by atoms with Gasteiger partial charge in [-0.25, -0.2) is 0 Å². The number of para-hydroxylation sites is 1. The van der Waals surface area contributed by atoms with E-state index in [4.69, 9.17) is 10.5 Å². The second kappa shape index (κ2) is 5.83. The number of carbonyl (C=O) groups excluding carboxylic acids is 1.